The van der Waals surface area contributed by atoms with Gasteiger partial charge in [0.15, 0.2) is 5.78 Å². The number of ether oxygens (including phenoxy) is 1. The minimum Gasteiger partial charge on any atom is -0.380 e. The largest absolute Gasteiger partial charge is 0.380 e. The Labute approximate surface area is 143 Å². The van der Waals surface area contributed by atoms with Gasteiger partial charge in [-0.2, -0.15) is 5.26 Å². The topological polar surface area (TPSA) is 115 Å². The molecule has 0 saturated heterocycles. The van der Waals surface area contributed by atoms with Crippen LogP contribution in [0.1, 0.15) is 27.2 Å². The highest BCUT2D eigenvalue weighted by Gasteiger charge is 2.16. The lowest BCUT2D eigenvalue weighted by molar-refractivity contribution is -0.384. The van der Waals surface area contributed by atoms with Crippen molar-refractivity contribution < 1.29 is 14.5 Å². The SMILES string of the molecule is COCc1cc(C)n(CC(=O)c2ccc([N+](=O)[O-])cc2)c(=O)c1C#N. The molecule has 0 amide bonds. The molecular weight excluding hydrogens is 326 g/mol. The summed E-state index contributed by atoms with van der Waals surface area (Å²) in [4.78, 5) is 34.9. The van der Waals surface area contributed by atoms with Gasteiger partial charge in [0.1, 0.15) is 11.6 Å². The number of pyridine rings is 1. The molecule has 8 nitrogen and oxygen atoms in total. The Morgan fingerprint density at radius 1 is 1.36 bits per heavy atom. The van der Waals surface area contributed by atoms with Crippen molar-refractivity contribution in [3.05, 3.63) is 73.2 Å². The van der Waals surface area contributed by atoms with E-state index in [1.54, 1.807) is 13.0 Å². The van der Waals surface area contributed by atoms with Crippen molar-refractivity contribution >= 4 is 11.5 Å². The summed E-state index contributed by atoms with van der Waals surface area (Å²) >= 11 is 0. The predicted molar refractivity (Wildman–Crippen MR) is 88.3 cm³/mol. The summed E-state index contributed by atoms with van der Waals surface area (Å²) in [6, 6.07) is 8.61. The van der Waals surface area contributed by atoms with Crippen molar-refractivity contribution in [3.63, 3.8) is 0 Å². The van der Waals surface area contributed by atoms with Crippen LogP contribution in [0.2, 0.25) is 0 Å². The Balaban J connectivity index is 2.36. The van der Waals surface area contributed by atoms with E-state index < -0.39 is 10.5 Å². The second-order valence-electron chi connectivity index (χ2n) is 5.35. The van der Waals surface area contributed by atoms with E-state index in [0.717, 1.165) is 0 Å². The summed E-state index contributed by atoms with van der Waals surface area (Å²) in [5, 5.41) is 19.9. The van der Waals surface area contributed by atoms with E-state index in [1.165, 1.54) is 35.9 Å². The maximum atomic E-state index is 12.5. The highest BCUT2D eigenvalue weighted by atomic mass is 16.6. The molecule has 0 aliphatic carbocycles. The van der Waals surface area contributed by atoms with Gasteiger partial charge < -0.3 is 9.30 Å². The quantitative estimate of drug-likeness (QED) is 0.450. The fraction of sp³-hybridized carbons (Fsp3) is 0.235. The van der Waals surface area contributed by atoms with Crippen molar-refractivity contribution in [1.82, 2.24) is 4.57 Å². The Morgan fingerprint density at radius 3 is 2.52 bits per heavy atom. The summed E-state index contributed by atoms with van der Waals surface area (Å²) in [6.07, 6.45) is 0. The van der Waals surface area contributed by atoms with Gasteiger partial charge in [-0.1, -0.05) is 0 Å². The summed E-state index contributed by atoms with van der Waals surface area (Å²) in [5.41, 5.74) is 0.476. The average Bonchev–Trinajstić information content (AvgIpc) is 2.59. The number of aryl methyl sites for hydroxylation is 1. The van der Waals surface area contributed by atoms with Gasteiger partial charge in [0.05, 0.1) is 18.1 Å². The third-order valence-electron chi connectivity index (χ3n) is 3.70. The highest BCUT2D eigenvalue weighted by Crippen LogP contribution is 2.14. The molecule has 0 N–H and O–H groups in total. The summed E-state index contributed by atoms with van der Waals surface area (Å²) < 4.78 is 6.19. The van der Waals surface area contributed by atoms with Gasteiger partial charge >= 0.3 is 0 Å². The van der Waals surface area contributed by atoms with Gasteiger partial charge in [0.25, 0.3) is 11.2 Å². The number of nitro groups is 1. The molecule has 0 saturated carbocycles. The van der Waals surface area contributed by atoms with E-state index in [2.05, 4.69) is 0 Å². The molecule has 1 aromatic carbocycles. The average molecular weight is 341 g/mol. The molecule has 0 aliphatic rings. The zero-order valence-corrected chi connectivity index (χ0v) is 13.7. The lowest BCUT2D eigenvalue weighted by atomic mass is 10.1. The van der Waals surface area contributed by atoms with Crippen LogP contribution in [0.3, 0.4) is 0 Å². The Morgan fingerprint density at radius 2 is 2.00 bits per heavy atom. The van der Waals surface area contributed by atoms with Crippen LogP contribution in [-0.2, 0) is 17.9 Å². The number of nitro benzene ring substituents is 1. The predicted octanol–water partition coefficient (Wildman–Crippen LogP) is 1.97. The normalized spacial score (nSPS) is 10.3. The molecule has 0 bridgehead atoms. The molecule has 1 heterocycles. The number of benzene rings is 1. The zero-order chi connectivity index (χ0) is 18.6. The molecule has 2 aromatic rings. The van der Waals surface area contributed by atoms with Crippen LogP contribution >= 0.6 is 0 Å². The Bertz CT molecular complexity index is 923. The first-order valence-electron chi connectivity index (χ1n) is 7.29. The fourth-order valence-corrected chi connectivity index (χ4v) is 2.42. The Kier molecular flexibility index (Phi) is 5.41. The molecule has 8 heteroatoms. The zero-order valence-electron chi connectivity index (χ0n) is 13.7. The van der Waals surface area contributed by atoms with Gasteiger partial charge in [-0.3, -0.25) is 19.7 Å². The number of ketones is 1. The summed E-state index contributed by atoms with van der Waals surface area (Å²) in [6.45, 7) is 1.52. The van der Waals surface area contributed by atoms with Gasteiger partial charge in [-0.05, 0) is 25.1 Å². The maximum Gasteiger partial charge on any atom is 0.269 e. The molecule has 1 aromatic heterocycles. The highest BCUT2D eigenvalue weighted by molar-refractivity contribution is 5.96. The van der Waals surface area contributed by atoms with E-state index in [9.17, 15) is 25.0 Å². The van der Waals surface area contributed by atoms with E-state index in [1.807, 2.05) is 6.07 Å². The van der Waals surface area contributed by atoms with Gasteiger partial charge in [0.2, 0.25) is 0 Å². The molecule has 128 valence electrons. The number of rotatable bonds is 6. The van der Waals surface area contributed by atoms with Crippen LogP contribution < -0.4 is 5.56 Å². The van der Waals surface area contributed by atoms with Crippen LogP contribution in [0.4, 0.5) is 5.69 Å². The summed E-state index contributed by atoms with van der Waals surface area (Å²) in [7, 11) is 1.46. The first-order chi connectivity index (χ1) is 11.9. The first-order valence-corrected chi connectivity index (χ1v) is 7.29. The standard InChI is InChI=1S/C17H15N3O5/c1-11-7-13(10-25-2)15(8-18)17(22)19(11)9-16(21)12-3-5-14(6-4-12)20(23)24/h3-7H,9-10H2,1-2H3. The third-order valence-corrected chi connectivity index (χ3v) is 3.70. The van der Waals surface area contributed by atoms with Gasteiger partial charge in [-0.15, -0.1) is 0 Å². The molecule has 0 unspecified atom stereocenters. The second-order valence-corrected chi connectivity index (χ2v) is 5.35. The number of aromatic nitrogens is 1. The molecule has 0 aliphatic heterocycles. The third kappa shape index (κ3) is 3.79. The fourth-order valence-electron chi connectivity index (χ4n) is 2.42. The van der Waals surface area contributed by atoms with Crippen LogP contribution in [0.25, 0.3) is 0 Å². The van der Waals surface area contributed by atoms with Crippen LogP contribution in [0, 0.1) is 28.4 Å². The molecule has 0 spiro atoms. The van der Waals surface area contributed by atoms with E-state index in [-0.39, 0.29) is 35.7 Å². The van der Waals surface area contributed by atoms with E-state index in [0.29, 0.717) is 11.3 Å². The number of hydrogen-bond acceptors (Lipinski definition) is 6. The van der Waals surface area contributed by atoms with E-state index in [4.69, 9.17) is 4.74 Å². The van der Waals surface area contributed by atoms with E-state index >= 15 is 0 Å². The number of hydrogen-bond donors (Lipinski definition) is 0. The number of Topliss-reactive ketones (excluding diaryl/α,β-unsaturated/α-hetero) is 1. The van der Waals surface area contributed by atoms with Crippen molar-refractivity contribution in [1.29, 1.82) is 5.26 Å². The lowest BCUT2D eigenvalue weighted by Gasteiger charge is -2.12. The lowest BCUT2D eigenvalue weighted by Crippen LogP contribution is -2.29. The molecule has 25 heavy (non-hydrogen) atoms. The number of nitrogens with zero attached hydrogens (tertiary/aromatic N) is 3. The number of methoxy groups -OCH3 is 1. The first kappa shape index (κ1) is 18.0. The molecule has 0 atom stereocenters. The van der Waals surface area contributed by atoms with Crippen molar-refractivity contribution in [2.75, 3.05) is 7.11 Å². The monoisotopic (exact) mass is 341 g/mol. The van der Waals surface area contributed by atoms with Gasteiger partial charge in [0, 0.05) is 36.1 Å². The van der Waals surface area contributed by atoms with Crippen LogP contribution in [-0.4, -0.2) is 22.4 Å². The molecule has 0 fully saturated rings. The van der Waals surface area contributed by atoms with Crippen molar-refractivity contribution in [2.45, 2.75) is 20.1 Å². The number of carbonyl (C=O) groups is 1. The van der Waals surface area contributed by atoms with Crippen LogP contribution in [0.15, 0.2) is 35.1 Å². The Hall–Kier alpha value is -3.31. The molecule has 2 rings (SSSR count). The molecular formula is C17H15N3O5. The van der Waals surface area contributed by atoms with Gasteiger partial charge in [-0.25, -0.2) is 0 Å². The number of carbonyl (C=O) groups excluding carboxylic acids is 1. The van der Waals surface area contributed by atoms with Crippen molar-refractivity contribution in [3.8, 4) is 6.07 Å². The molecule has 0 radical (unpaired) electrons. The number of non-ortho nitro benzene ring substituents is 1. The number of nitriles is 1. The maximum absolute atomic E-state index is 12.5. The van der Waals surface area contributed by atoms with Crippen LogP contribution in [0.5, 0.6) is 0 Å². The van der Waals surface area contributed by atoms with Crippen molar-refractivity contribution in [2.24, 2.45) is 0 Å². The smallest absolute Gasteiger partial charge is 0.269 e. The second kappa shape index (κ2) is 7.51. The summed E-state index contributed by atoms with van der Waals surface area (Å²) in [5.74, 6) is -0.386. The minimum atomic E-state index is -0.565. The minimum absolute atomic E-state index is 0.0658.